The van der Waals surface area contributed by atoms with Crippen molar-refractivity contribution in [1.82, 2.24) is 0 Å². The summed E-state index contributed by atoms with van der Waals surface area (Å²) in [6.45, 7) is 0. The molecule has 0 aliphatic carbocycles. The zero-order valence-corrected chi connectivity index (χ0v) is 8.78. The van der Waals surface area contributed by atoms with Gasteiger partial charge < -0.3 is 10.6 Å². The minimum absolute atomic E-state index is 0. The standard InChI is InChI=1S/CH4O4S.CH4O.H2O4S.H2O/c1-5-6(2,3)4;1-2;1-5(2,3)4;/h1H3,(H,2,3,4);2H,1H3;(H2,1,2,3,4);1H2. The molecule has 0 aliphatic rings. The first-order valence-electron chi connectivity index (χ1n) is 2.24. The van der Waals surface area contributed by atoms with Crippen LogP contribution in [0.15, 0.2) is 0 Å². The van der Waals surface area contributed by atoms with Gasteiger partial charge in [0.2, 0.25) is 0 Å². The van der Waals surface area contributed by atoms with Crippen molar-refractivity contribution in [3.63, 3.8) is 0 Å². The molecule has 10 nitrogen and oxygen atoms in total. The molecule has 0 aromatic carbocycles. The maximum atomic E-state index is 9.33. The van der Waals surface area contributed by atoms with Gasteiger partial charge in [0.15, 0.2) is 0 Å². The van der Waals surface area contributed by atoms with Gasteiger partial charge in [-0.3, -0.25) is 17.8 Å². The molecule has 12 heteroatoms. The number of hydrogen-bond acceptors (Lipinski definition) is 6. The van der Waals surface area contributed by atoms with Crippen LogP contribution >= 0.6 is 0 Å². The van der Waals surface area contributed by atoms with Crippen molar-refractivity contribution in [3.05, 3.63) is 0 Å². The first kappa shape index (κ1) is 23.5. The van der Waals surface area contributed by atoms with Gasteiger partial charge in [-0.2, -0.15) is 16.8 Å². The van der Waals surface area contributed by atoms with Crippen molar-refractivity contribution in [1.29, 1.82) is 0 Å². The van der Waals surface area contributed by atoms with E-state index in [-0.39, 0.29) is 5.48 Å². The summed E-state index contributed by atoms with van der Waals surface area (Å²) in [7, 11) is -6.96. The van der Waals surface area contributed by atoms with E-state index in [9.17, 15) is 8.42 Å². The average molecular weight is 260 g/mol. The van der Waals surface area contributed by atoms with Crippen LogP contribution in [0.3, 0.4) is 0 Å². The van der Waals surface area contributed by atoms with Crippen LogP contribution in [-0.4, -0.2) is 55.3 Å². The van der Waals surface area contributed by atoms with E-state index in [0.29, 0.717) is 0 Å². The molecule has 14 heavy (non-hydrogen) atoms. The molecule has 0 bridgehead atoms. The number of rotatable bonds is 1. The second-order valence-corrected chi connectivity index (χ2v) is 3.13. The second kappa shape index (κ2) is 10.7. The van der Waals surface area contributed by atoms with Gasteiger partial charge in [0.25, 0.3) is 0 Å². The Bertz CT molecular complexity index is 263. The molecule has 0 fully saturated rings. The van der Waals surface area contributed by atoms with Gasteiger partial charge in [0, 0.05) is 7.11 Å². The summed E-state index contributed by atoms with van der Waals surface area (Å²) in [5.74, 6) is 0. The highest BCUT2D eigenvalue weighted by molar-refractivity contribution is 7.80. The molecule has 0 aromatic heterocycles. The molecule has 0 aliphatic heterocycles. The predicted molar refractivity (Wildman–Crippen MR) is 44.5 cm³/mol. The summed E-state index contributed by atoms with van der Waals surface area (Å²) in [5.41, 5.74) is 0. The molecule has 92 valence electrons. The van der Waals surface area contributed by atoms with Crippen LogP contribution in [-0.2, 0) is 25.0 Å². The van der Waals surface area contributed by atoms with Gasteiger partial charge in [-0.05, 0) is 0 Å². The van der Waals surface area contributed by atoms with Crippen LogP contribution in [0, 0.1) is 0 Å². The van der Waals surface area contributed by atoms with E-state index in [1.165, 1.54) is 0 Å². The zero-order valence-electron chi connectivity index (χ0n) is 7.15. The summed E-state index contributed by atoms with van der Waals surface area (Å²) >= 11 is 0. The lowest BCUT2D eigenvalue weighted by molar-refractivity contribution is 0.324. The van der Waals surface area contributed by atoms with Crippen molar-refractivity contribution in [2.45, 2.75) is 0 Å². The van der Waals surface area contributed by atoms with Crippen LogP contribution in [0.25, 0.3) is 0 Å². The third-order valence-electron chi connectivity index (χ3n) is 0.211. The van der Waals surface area contributed by atoms with E-state index < -0.39 is 20.8 Å². The normalized spacial score (nSPS) is 9.57. The van der Waals surface area contributed by atoms with Crippen molar-refractivity contribution in [3.8, 4) is 0 Å². The van der Waals surface area contributed by atoms with Crippen molar-refractivity contribution < 1.29 is 45.3 Å². The van der Waals surface area contributed by atoms with Gasteiger partial charge in [-0.25, -0.2) is 0 Å². The van der Waals surface area contributed by atoms with E-state index in [0.717, 1.165) is 14.2 Å². The van der Waals surface area contributed by atoms with E-state index in [2.05, 4.69) is 4.18 Å². The Morgan fingerprint density at radius 1 is 0.929 bits per heavy atom. The molecule has 0 radical (unpaired) electrons. The molecule has 0 heterocycles. The molecule has 0 aromatic rings. The summed E-state index contributed by atoms with van der Waals surface area (Å²) in [6, 6.07) is 0. The quantitative estimate of drug-likeness (QED) is 0.371. The van der Waals surface area contributed by atoms with Crippen LogP contribution in [0.1, 0.15) is 0 Å². The zero-order chi connectivity index (χ0) is 11.7. The number of aliphatic hydroxyl groups is 1. The highest BCUT2D eigenvalue weighted by Crippen LogP contribution is 1.74. The highest BCUT2D eigenvalue weighted by atomic mass is 32.3. The Balaban J connectivity index is -0.0000000576. The van der Waals surface area contributed by atoms with Crippen molar-refractivity contribution in [2.24, 2.45) is 0 Å². The lowest BCUT2D eigenvalue weighted by atomic mass is 11.8. The fourth-order valence-electron chi connectivity index (χ4n) is 0. The summed E-state index contributed by atoms with van der Waals surface area (Å²) in [5, 5.41) is 7.00. The lowest BCUT2D eigenvalue weighted by Crippen LogP contribution is -1.96. The Kier molecular flexibility index (Phi) is 18.0. The Labute approximate surface area is 81.0 Å². The largest absolute Gasteiger partial charge is 0.412 e. The summed E-state index contributed by atoms with van der Waals surface area (Å²) < 4.78 is 61.3. The lowest BCUT2D eigenvalue weighted by Gasteiger charge is -1.82. The Hall–Kier alpha value is -0.340. The Morgan fingerprint density at radius 2 is 1.00 bits per heavy atom. The maximum absolute atomic E-state index is 9.33. The van der Waals surface area contributed by atoms with Crippen LogP contribution in [0.5, 0.6) is 0 Å². The minimum Gasteiger partial charge on any atom is -0.412 e. The highest BCUT2D eigenvalue weighted by Gasteiger charge is 1.94. The molecular formula is C2H12O10S2. The molecule has 0 amide bonds. The smallest absolute Gasteiger partial charge is 0.397 e. The van der Waals surface area contributed by atoms with Gasteiger partial charge in [0.1, 0.15) is 0 Å². The van der Waals surface area contributed by atoms with Crippen LogP contribution in [0.4, 0.5) is 0 Å². The number of hydrogen-bond donors (Lipinski definition) is 4. The summed E-state index contributed by atoms with van der Waals surface area (Å²) in [6.07, 6.45) is 0. The topological polar surface area (TPSA) is 190 Å². The average Bonchev–Trinajstić information content (AvgIpc) is 1.87. The molecular weight excluding hydrogens is 248 g/mol. The molecule has 0 saturated carbocycles. The second-order valence-electron chi connectivity index (χ2n) is 1.04. The van der Waals surface area contributed by atoms with E-state index in [4.69, 9.17) is 27.2 Å². The van der Waals surface area contributed by atoms with Gasteiger partial charge >= 0.3 is 20.8 Å². The molecule has 0 spiro atoms. The van der Waals surface area contributed by atoms with Gasteiger partial charge in [-0.1, -0.05) is 0 Å². The number of aliphatic hydroxyl groups excluding tert-OH is 1. The first-order valence-corrected chi connectivity index (χ1v) is 5.00. The van der Waals surface area contributed by atoms with E-state index in [1.807, 2.05) is 0 Å². The fourth-order valence-corrected chi connectivity index (χ4v) is 0. The van der Waals surface area contributed by atoms with Crippen LogP contribution in [0.2, 0.25) is 0 Å². The molecule has 0 unspecified atom stereocenters. The molecule has 0 saturated heterocycles. The SMILES string of the molecule is CO.COS(=O)(=O)O.O.O=S(=O)(O)O. The minimum atomic E-state index is -4.67. The Morgan fingerprint density at radius 3 is 1.00 bits per heavy atom. The predicted octanol–water partition coefficient (Wildman–Crippen LogP) is -2.43. The summed E-state index contributed by atoms with van der Waals surface area (Å²) in [4.78, 5) is 0. The third kappa shape index (κ3) is 187. The van der Waals surface area contributed by atoms with Gasteiger partial charge in [0.05, 0.1) is 7.11 Å². The fraction of sp³-hybridized carbons (Fsp3) is 1.00. The molecule has 0 rings (SSSR count). The molecule has 6 N–H and O–H groups in total. The van der Waals surface area contributed by atoms with Crippen LogP contribution < -0.4 is 0 Å². The van der Waals surface area contributed by atoms with E-state index >= 15 is 0 Å². The van der Waals surface area contributed by atoms with Gasteiger partial charge in [-0.15, -0.1) is 0 Å². The van der Waals surface area contributed by atoms with Crippen molar-refractivity contribution in [2.75, 3.05) is 14.2 Å². The third-order valence-corrected chi connectivity index (χ3v) is 0.632. The monoisotopic (exact) mass is 260 g/mol. The van der Waals surface area contributed by atoms with E-state index in [1.54, 1.807) is 0 Å². The van der Waals surface area contributed by atoms with Crippen molar-refractivity contribution >= 4 is 20.8 Å². The molecule has 0 atom stereocenters. The maximum Gasteiger partial charge on any atom is 0.397 e. The first-order chi connectivity index (χ1) is 5.56.